The highest BCUT2D eigenvalue weighted by Gasteiger charge is 2.42. The number of phenolic OH excluding ortho intramolecular Hbond substituents is 2. The van der Waals surface area contributed by atoms with Gasteiger partial charge in [-0.1, -0.05) is 6.92 Å². The van der Waals surface area contributed by atoms with Crippen LogP contribution in [0.4, 0.5) is 0 Å². The fraction of sp³-hybridized carbons (Fsp3) is 0.353. The van der Waals surface area contributed by atoms with Gasteiger partial charge in [-0.3, -0.25) is 34.5 Å². The summed E-state index contributed by atoms with van der Waals surface area (Å²) < 4.78 is 5.62. The van der Waals surface area contributed by atoms with Crippen LogP contribution < -0.4 is 16.5 Å². The number of nitrogens with zero attached hydrogens (tertiary/aromatic N) is 3. The number of amides is 3. The lowest BCUT2D eigenvalue weighted by Crippen LogP contribution is -2.51. The van der Waals surface area contributed by atoms with E-state index in [1.807, 2.05) is 31.0 Å². The lowest BCUT2D eigenvalue weighted by molar-refractivity contribution is -0.138. The zero-order valence-corrected chi connectivity index (χ0v) is 26.5. The number of fused-ring (bicyclic) bond motifs is 1. The zero-order valence-electron chi connectivity index (χ0n) is 26.5. The normalized spacial score (nSPS) is 21.1. The van der Waals surface area contributed by atoms with Crippen molar-refractivity contribution in [3.05, 3.63) is 93.9 Å². The number of carbonyl (C=O) groups is 3. The summed E-state index contributed by atoms with van der Waals surface area (Å²) in [4.78, 5) is 55.3. The lowest BCUT2D eigenvalue weighted by Gasteiger charge is -2.34. The highest BCUT2D eigenvalue weighted by molar-refractivity contribution is 6.03. The SMILES string of the molecule is CCC1(c2ccncc2)CCC(=O)NC1=O.Cc1cc(=O)c2c(O)cc(O)c([C@H]3CCN(C)C[C@H]3O)c2o1.NC(=O)c1cccnc1. The molecule has 1 unspecified atom stereocenters. The number of nitrogens with two attached hydrogens (primary N) is 1. The third kappa shape index (κ3) is 7.81. The number of β-amino-alcohol motifs (C(OH)–C–C–N with tert-alkyl or cyclic N) is 1. The average molecular weight is 646 g/mol. The largest absolute Gasteiger partial charge is 0.507 e. The van der Waals surface area contributed by atoms with Gasteiger partial charge in [-0.15, -0.1) is 0 Å². The van der Waals surface area contributed by atoms with Gasteiger partial charge in [0.25, 0.3) is 0 Å². The highest BCUT2D eigenvalue weighted by atomic mass is 16.3. The molecule has 2 fully saturated rings. The van der Waals surface area contributed by atoms with Crippen molar-refractivity contribution in [2.45, 2.75) is 57.0 Å². The van der Waals surface area contributed by atoms with Gasteiger partial charge >= 0.3 is 0 Å². The standard InChI is InChI=1S/C16H19NO5.C12H14N2O2.C6H6N2O/c1-8-5-10(18)15-12(20)6-11(19)14(16(15)22-8)9-3-4-17(2)7-13(9)21;1-2-12(9-4-7-13-8-5-9)6-3-10(15)14-11(12)16;7-6(9)5-2-1-3-8-4-5/h5-6,9,13,19-21H,3-4,7H2,1-2H3;4-5,7-8H,2-3,6H2,1H3,(H,14,15,16);1-4H,(H2,7,9)/t9-,13+;;/m0../s1. The molecule has 13 heteroatoms. The zero-order chi connectivity index (χ0) is 34.3. The summed E-state index contributed by atoms with van der Waals surface area (Å²) in [6.45, 7) is 4.84. The summed E-state index contributed by atoms with van der Waals surface area (Å²) in [6.07, 6.45) is 8.00. The Hall–Kier alpha value is -5.14. The number of likely N-dealkylation sites (tertiary alicyclic amines) is 1. The number of aliphatic hydroxyl groups excluding tert-OH is 1. The molecule has 47 heavy (non-hydrogen) atoms. The second-order valence-corrected chi connectivity index (χ2v) is 11.6. The number of rotatable bonds is 4. The summed E-state index contributed by atoms with van der Waals surface area (Å²) in [5.41, 5.74) is 5.96. The first-order valence-corrected chi connectivity index (χ1v) is 15.2. The topological polar surface area (TPSA) is 209 Å². The Bertz CT molecular complexity index is 1800. The quantitative estimate of drug-likeness (QED) is 0.204. The third-order valence-corrected chi connectivity index (χ3v) is 8.53. The van der Waals surface area contributed by atoms with Gasteiger partial charge in [-0.25, -0.2) is 0 Å². The van der Waals surface area contributed by atoms with Crippen molar-refractivity contribution in [2.24, 2.45) is 5.73 Å². The van der Waals surface area contributed by atoms with Gasteiger partial charge < -0.3 is 30.4 Å². The number of hydrogen-bond donors (Lipinski definition) is 5. The van der Waals surface area contributed by atoms with Crippen LogP contribution in [0.25, 0.3) is 11.0 Å². The maximum atomic E-state index is 12.1. The lowest BCUT2D eigenvalue weighted by atomic mass is 9.72. The van der Waals surface area contributed by atoms with Gasteiger partial charge in [-0.2, -0.15) is 0 Å². The van der Waals surface area contributed by atoms with Gasteiger partial charge in [0, 0.05) is 61.4 Å². The Morgan fingerprint density at radius 3 is 2.40 bits per heavy atom. The van der Waals surface area contributed by atoms with Crippen LogP contribution in [0.5, 0.6) is 11.5 Å². The van der Waals surface area contributed by atoms with Gasteiger partial charge in [0.05, 0.1) is 17.1 Å². The van der Waals surface area contributed by atoms with E-state index in [2.05, 4.69) is 15.3 Å². The Balaban J connectivity index is 0.000000175. The van der Waals surface area contributed by atoms with Crippen LogP contribution in [0.15, 0.2) is 70.4 Å². The van der Waals surface area contributed by atoms with E-state index in [9.17, 15) is 34.5 Å². The highest BCUT2D eigenvalue weighted by Crippen LogP contribution is 2.41. The molecule has 0 aliphatic carbocycles. The number of aryl methyl sites for hydroxylation is 1. The molecular weight excluding hydrogens is 606 g/mol. The molecule has 3 amide bonds. The average Bonchev–Trinajstić information content (AvgIpc) is 3.03. The van der Waals surface area contributed by atoms with Crippen LogP contribution >= 0.6 is 0 Å². The summed E-state index contributed by atoms with van der Waals surface area (Å²) >= 11 is 0. The van der Waals surface area contributed by atoms with Crippen LogP contribution in [-0.2, 0) is 15.0 Å². The minimum Gasteiger partial charge on any atom is -0.507 e. The van der Waals surface area contributed by atoms with Crippen molar-refractivity contribution in [1.29, 1.82) is 0 Å². The maximum Gasteiger partial charge on any atom is 0.250 e. The fourth-order valence-electron chi connectivity index (χ4n) is 5.97. The number of phenols is 2. The predicted molar refractivity (Wildman–Crippen MR) is 173 cm³/mol. The number of imide groups is 1. The number of hydrogen-bond acceptors (Lipinski definition) is 11. The number of aromatic nitrogens is 2. The molecule has 1 aromatic carbocycles. The van der Waals surface area contributed by atoms with Crippen molar-refractivity contribution in [3.63, 3.8) is 0 Å². The third-order valence-electron chi connectivity index (χ3n) is 8.53. The molecule has 5 heterocycles. The number of piperidine rings is 2. The van der Waals surface area contributed by atoms with Crippen molar-refractivity contribution >= 4 is 28.7 Å². The number of primary amides is 1. The van der Waals surface area contributed by atoms with E-state index >= 15 is 0 Å². The number of benzene rings is 1. The summed E-state index contributed by atoms with van der Waals surface area (Å²) in [7, 11) is 1.92. The van der Waals surface area contributed by atoms with E-state index in [-0.39, 0.29) is 45.6 Å². The van der Waals surface area contributed by atoms with E-state index < -0.39 is 17.4 Å². The van der Waals surface area contributed by atoms with E-state index in [4.69, 9.17) is 10.2 Å². The second-order valence-electron chi connectivity index (χ2n) is 11.6. The molecule has 248 valence electrons. The first-order valence-electron chi connectivity index (χ1n) is 15.2. The van der Waals surface area contributed by atoms with Crippen molar-refractivity contribution in [3.8, 4) is 11.5 Å². The Morgan fingerprint density at radius 1 is 1.11 bits per heavy atom. The fourth-order valence-corrected chi connectivity index (χ4v) is 5.97. The number of aromatic hydroxyl groups is 2. The molecular formula is C34H39N5O8. The molecule has 0 spiro atoms. The van der Waals surface area contributed by atoms with Gasteiger partial charge in [0.2, 0.25) is 17.7 Å². The predicted octanol–water partition coefficient (Wildman–Crippen LogP) is 2.64. The van der Waals surface area contributed by atoms with Gasteiger partial charge in [-0.05, 0) is 69.6 Å². The molecule has 0 radical (unpaired) electrons. The molecule has 0 bridgehead atoms. The molecule has 6 rings (SSSR count). The van der Waals surface area contributed by atoms with E-state index in [0.717, 1.165) is 18.2 Å². The van der Waals surface area contributed by atoms with E-state index in [1.165, 1.54) is 12.3 Å². The monoisotopic (exact) mass is 645 g/mol. The van der Waals surface area contributed by atoms with Gasteiger partial charge in [0.1, 0.15) is 28.2 Å². The molecule has 4 aromatic rings. The minimum atomic E-state index is -0.678. The molecule has 3 aromatic heterocycles. The number of likely N-dealkylation sites (N-methyl/N-ethyl adjacent to an activating group) is 1. The maximum absolute atomic E-state index is 12.1. The van der Waals surface area contributed by atoms with Crippen LogP contribution in [-0.4, -0.2) is 74.2 Å². The molecule has 0 saturated carbocycles. The molecule has 6 N–H and O–H groups in total. The molecule has 3 atom stereocenters. The summed E-state index contributed by atoms with van der Waals surface area (Å²) in [6, 6.07) is 9.43. The molecule has 2 saturated heterocycles. The van der Waals surface area contributed by atoms with Gasteiger partial charge in [0.15, 0.2) is 5.43 Å². The molecule has 13 nitrogen and oxygen atoms in total. The van der Waals surface area contributed by atoms with Crippen molar-refractivity contribution < 1.29 is 34.1 Å². The van der Waals surface area contributed by atoms with Crippen molar-refractivity contribution in [2.75, 3.05) is 20.1 Å². The smallest absolute Gasteiger partial charge is 0.250 e. The number of pyridine rings is 2. The first kappa shape index (κ1) is 34.7. The minimum absolute atomic E-state index is 0.0459. The molecule has 2 aliphatic heterocycles. The van der Waals surface area contributed by atoms with Crippen LogP contribution in [0, 0.1) is 6.92 Å². The summed E-state index contributed by atoms with van der Waals surface area (Å²) in [5.74, 6) is -1.22. The summed E-state index contributed by atoms with van der Waals surface area (Å²) in [5, 5.41) is 33.0. The number of nitrogens with one attached hydrogen (secondary N) is 1. The number of aliphatic hydroxyl groups is 1. The van der Waals surface area contributed by atoms with Crippen molar-refractivity contribution in [1.82, 2.24) is 20.2 Å². The van der Waals surface area contributed by atoms with E-state index in [0.29, 0.717) is 49.1 Å². The Labute approximate surface area is 271 Å². The van der Waals surface area contributed by atoms with Crippen LogP contribution in [0.3, 0.4) is 0 Å². The van der Waals surface area contributed by atoms with Crippen LogP contribution in [0.1, 0.15) is 65.8 Å². The second kappa shape index (κ2) is 15.0. The number of carbonyl (C=O) groups excluding carboxylic acids is 3. The van der Waals surface area contributed by atoms with Crippen LogP contribution in [0.2, 0.25) is 0 Å². The Morgan fingerprint density at radius 2 is 1.83 bits per heavy atom. The Kier molecular flexibility index (Phi) is 11.1. The molecule has 2 aliphatic rings. The first-order chi connectivity index (χ1) is 22.4. The van der Waals surface area contributed by atoms with E-state index in [1.54, 1.807) is 37.6 Å².